The highest BCUT2D eigenvalue weighted by molar-refractivity contribution is 5.73. The van der Waals surface area contributed by atoms with Crippen LogP contribution in [0.15, 0.2) is 36.8 Å². The molecule has 0 radical (unpaired) electrons. The second kappa shape index (κ2) is 5.46. The van der Waals surface area contributed by atoms with E-state index in [1.807, 2.05) is 30.5 Å². The number of aryl methyl sites for hydroxylation is 1. The summed E-state index contributed by atoms with van der Waals surface area (Å²) >= 11 is 0. The van der Waals surface area contributed by atoms with E-state index < -0.39 is 12.0 Å². The second-order valence-corrected chi connectivity index (χ2v) is 4.09. The Morgan fingerprint density at radius 1 is 1.44 bits per heavy atom. The van der Waals surface area contributed by atoms with Crippen molar-refractivity contribution in [2.45, 2.75) is 18.9 Å². The van der Waals surface area contributed by atoms with Crippen molar-refractivity contribution in [1.82, 2.24) is 9.97 Å². The Hall–Kier alpha value is -2.14. The van der Waals surface area contributed by atoms with Crippen molar-refractivity contribution in [2.75, 3.05) is 0 Å². The van der Waals surface area contributed by atoms with Crippen LogP contribution in [-0.2, 0) is 11.2 Å². The molecule has 0 aliphatic heterocycles. The highest BCUT2D eigenvalue weighted by Crippen LogP contribution is 2.22. The molecule has 1 atom stereocenters. The van der Waals surface area contributed by atoms with Crippen molar-refractivity contribution < 1.29 is 9.90 Å². The van der Waals surface area contributed by atoms with Gasteiger partial charge in [0.1, 0.15) is 6.04 Å². The maximum Gasteiger partial charge on any atom is 0.320 e. The Labute approximate surface area is 105 Å². The summed E-state index contributed by atoms with van der Waals surface area (Å²) in [6.07, 6.45) is 4.47. The Morgan fingerprint density at radius 2 is 2.22 bits per heavy atom. The fourth-order valence-electron chi connectivity index (χ4n) is 1.83. The number of aromatic nitrogens is 2. The first-order chi connectivity index (χ1) is 8.68. The van der Waals surface area contributed by atoms with Gasteiger partial charge in [-0.1, -0.05) is 24.3 Å². The predicted octanol–water partition coefficient (Wildman–Crippen LogP) is 1.42. The fraction of sp³-hybridized carbons (Fsp3) is 0.231. The third-order valence-corrected chi connectivity index (χ3v) is 2.83. The van der Waals surface area contributed by atoms with Gasteiger partial charge in [-0.2, -0.15) is 0 Å². The van der Waals surface area contributed by atoms with Gasteiger partial charge in [-0.15, -0.1) is 0 Å². The predicted molar refractivity (Wildman–Crippen MR) is 68.0 cm³/mol. The van der Waals surface area contributed by atoms with Gasteiger partial charge in [0.25, 0.3) is 0 Å². The van der Waals surface area contributed by atoms with Gasteiger partial charge < -0.3 is 15.8 Å². The van der Waals surface area contributed by atoms with Gasteiger partial charge in [-0.05, 0) is 18.4 Å². The maximum absolute atomic E-state index is 10.7. The summed E-state index contributed by atoms with van der Waals surface area (Å²) < 4.78 is 0. The van der Waals surface area contributed by atoms with Crippen LogP contribution in [0.25, 0.3) is 11.3 Å². The van der Waals surface area contributed by atoms with Crippen molar-refractivity contribution >= 4 is 5.97 Å². The third kappa shape index (κ3) is 2.75. The lowest BCUT2D eigenvalue weighted by Gasteiger charge is -2.09. The lowest BCUT2D eigenvalue weighted by molar-refractivity contribution is -0.138. The van der Waals surface area contributed by atoms with Crippen molar-refractivity contribution in [3.05, 3.63) is 42.4 Å². The van der Waals surface area contributed by atoms with Crippen LogP contribution in [0.4, 0.5) is 0 Å². The molecule has 2 rings (SSSR count). The Bertz CT molecular complexity index is 523. The first-order valence-electron chi connectivity index (χ1n) is 5.74. The van der Waals surface area contributed by atoms with E-state index in [-0.39, 0.29) is 0 Å². The van der Waals surface area contributed by atoms with Gasteiger partial charge in [0, 0.05) is 11.8 Å². The molecule has 1 unspecified atom stereocenters. The summed E-state index contributed by atoms with van der Waals surface area (Å²) in [5, 5.41) is 8.77. The number of hydrogen-bond acceptors (Lipinski definition) is 3. The fourth-order valence-corrected chi connectivity index (χ4v) is 1.83. The zero-order valence-corrected chi connectivity index (χ0v) is 9.84. The Kier molecular flexibility index (Phi) is 3.74. The SMILES string of the molecule is NC(CCc1ccccc1-c1c[nH]cn1)C(=O)O. The first-order valence-corrected chi connectivity index (χ1v) is 5.74. The van der Waals surface area contributed by atoms with Crippen LogP contribution >= 0.6 is 0 Å². The van der Waals surface area contributed by atoms with E-state index in [1.54, 1.807) is 6.33 Å². The molecule has 94 valence electrons. The van der Waals surface area contributed by atoms with Gasteiger partial charge >= 0.3 is 5.97 Å². The van der Waals surface area contributed by atoms with Gasteiger partial charge in [0.2, 0.25) is 0 Å². The quantitative estimate of drug-likeness (QED) is 0.742. The van der Waals surface area contributed by atoms with Crippen LogP contribution in [0.2, 0.25) is 0 Å². The number of nitrogens with one attached hydrogen (secondary N) is 1. The van der Waals surface area contributed by atoms with E-state index in [0.29, 0.717) is 12.8 Å². The number of imidazole rings is 1. The molecule has 1 aromatic carbocycles. The van der Waals surface area contributed by atoms with E-state index in [2.05, 4.69) is 9.97 Å². The molecule has 18 heavy (non-hydrogen) atoms. The van der Waals surface area contributed by atoms with Gasteiger partial charge in [0.15, 0.2) is 0 Å². The minimum absolute atomic E-state index is 0.413. The molecule has 2 aromatic rings. The summed E-state index contributed by atoms with van der Waals surface area (Å²) in [6.45, 7) is 0. The molecular formula is C13H15N3O2. The summed E-state index contributed by atoms with van der Waals surface area (Å²) in [7, 11) is 0. The monoisotopic (exact) mass is 245 g/mol. The van der Waals surface area contributed by atoms with Crippen LogP contribution in [0.5, 0.6) is 0 Å². The summed E-state index contributed by atoms with van der Waals surface area (Å²) in [5.41, 5.74) is 8.44. The van der Waals surface area contributed by atoms with Gasteiger partial charge in [0.05, 0.1) is 12.0 Å². The number of aliphatic carboxylic acids is 1. The summed E-state index contributed by atoms with van der Waals surface area (Å²) in [4.78, 5) is 17.8. The highest BCUT2D eigenvalue weighted by atomic mass is 16.4. The molecule has 1 heterocycles. The molecule has 0 bridgehead atoms. The Balaban J connectivity index is 2.16. The number of nitrogens with two attached hydrogens (primary N) is 1. The van der Waals surface area contributed by atoms with Gasteiger partial charge in [-0.3, -0.25) is 4.79 Å². The third-order valence-electron chi connectivity index (χ3n) is 2.83. The molecule has 5 nitrogen and oxygen atoms in total. The lowest BCUT2D eigenvalue weighted by Crippen LogP contribution is -2.30. The molecule has 0 amide bonds. The molecule has 0 saturated carbocycles. The number of carboxylic acid groups (broad SMARTS) is 1. The number of H-pyrrole nitrogens is 1. The molecular weight excluding hydrogens is 230 g/mol. The average molecular weight is 245 g/mol. The standard InChI is InChI=1S/C13H15N3O2/c14-11(13(17)18)6-5-9-3-1-2-4-10(9)12-7-15-8-16-12/h1-4,7-8,11H,5-6,14H2,(H,15,16)(H,17,18). The smallest absolute Gasteiger partial charge is 0.320 e. The molecule has 5 heteroatoms. The molecule has 4 N–H and O–H groups in total. The molecule has 0 saturated heterocycles. The number of aromatic amines is 1. The van der Waals surface area contributed by atoms with E-state index in [0.717, 1.165) is 16.8 Å². The van der Waals surface area contributed by atoms with Crippen molar-refractivity contribution in [3.8, 4) is 11.3 Å². The minimum atomic E-state index is -0.966. The normalized spacial score (nSPS) is 12.3. The van der Waals surface area contributed by atoms with Crippen LogP contribution < -0.4 is 5.73 Å². The van der Waals surface area contributed by atoms with E-state index in [1.165, 1.54) is 0 Å². The van der Waals surface area contributed by atoms with Crippen molar-refractivity contribution in [1.29, 1.82) is 0 Å². The van der Waals surface area contributed by atoms with Crippen molar-refractivity contribution in [3.63, 3.8) is 0 Å². The number of benzene rings is 1. The van der Waals surface area contributed by atoms with Gasteiger partial charge in [-0.25, -0.2) is 4.98 Å². The van der Waals surface area contributed by atoms with Crippen LogP contribution in [0.3, 0.4) is 0 Å². The number of hydrogen-bond donors (Lipinski definition) is 3. The highest BCUT2D eigenvalue weighted by Gasteiger charge is 2.13. The zero-order chi connectivity index (χ0) is 13.0. The van der Waals surface area contributed by atoms with Crippen LogP contribution in [0.1, 0.15) is 12.0 Å². The summed E-state index contributed by atoms with van der Waals surface area (Å²) in [6, 6.07) is 6.98. The first kappa shape index (κ1) is 12.3. The van der Waals surface area contributed by atoms with Crippen LogP contribution in [-0.4, -0.2) is 27.1 Å². The van der Waals surface area contributed by atoms with Crippen molar-refractivity contribution in [2.24, 2.45) is 5.73 Å². The zero-order valence-electron chi connectivity index (χ0n) is 9.84. The average Bonchev–Trinajstić information content (AvgIpc) is 2.89. The molecule has 0 aliphatic rings. The number of carbonyl (C=O) groups is 1. The molecule has 0 spiro atoms. The minimum Gasteiger partial charge on any atom is -0.480 e. The number of carboxylic acids is 1. The number of nitrogens with zero attached hydrogens (tertiary/aromatic N) is 1. The summed E-state index contributed by atoms with van der Waals surface area (Å²) in [5.74, 6) is -0.966. The Morgan fingerprint density at radius 3 is 2.89 bits per heavy atom. The van der Waals surface area contributed by atoms with E-state index >= 15 is 0 Å². The largest absolute Gasteiger partial charge is 0.480 e. The molecule has 0 fully saturated rings. The van der Waals surface area contributed by atoms with E-state index in [4.69, 9.17) is 10.8 Å². The van der Waals surface area contributed by atoms with E-state index in [9.17, 15) is 4.79 Å². The second-order valence-electron chi connectivity index (χ2n) is 4.09. The molecule has 1 aromatic heterocycles. The number of rotatable bonds is 5. The molecule has 0 aliphatic carbocycles. The lowest BCUT2D eigenvalue weighted by atomic mass is 9.99. The maximum atomic E-state index is 10.7. The van der Waals surface area contributed by atoms with Crippen LogP contribution in [0, 0.1) is 0 Å². The topological polar surface area (TPSA) is 92.0 Å².